The summed E-state index contributed by atoms with van der Waals surface area (Å²) in [7, 11) is 4.17. The second kappa shape index (κ2) is 5.31. The number of hydrogen-bond donors (Lipinski definition) is 0. The van der Waals surface area contributed by atoms with Crippen molar-refractivity contribution in [1.29, 1.82) is 5.26 Å². The van der Waals surface area contributed by atoms with E-state index in [4.69, 9.17) is 10.00 Å². The Balaban J connectivity index is 2.00. The van der Waals surface area contributed by atoms with Gasteiger partial charge in [0.25, 0.3) is 0 Å². The summed E-state index contributed by atoms with van der Waals surface area (Å²) in [4.78, 5) is 2.19. The summed E-state index contributed by atoms with van der Waals surface area (Å²) >= 11 is 0. The average molecular weight is 230 g/mol. The van der Waals surface area contributed by atoms with Crippen LogP contribution in [0, 0.1) is 11.3 Å². The van der Waals surface area contributed by atoms with E-state index in [0.29, 0.717) is 6.61 Å². The average Bonchev–Trinajstić information content (AvgIpc) is 2.71. The van der Waals surface area contributed by atoms with Crippen molar-refractivity contribution in [3.8, 4) is 6.07 Å². The molecule has 1 aliphatic heterocycles. The first-order valence-corrected chi connectivity index (χ1v) is 6.00. The van der Waals surface area contributed by atoms with Crippen LogP contribution < -0.4 is 0 Å². The molecule has 1 aromatic rings. The van der Waals surface area contributed by atoms with Crippen LogP contribution in [0.1, 0.15) is 35.6 Å². The highest BCUT2D eigenvalue weighted by atomic mass is 16.5. The number of nitrogens with zero attached hydrogens (tertiary/aromatic N) is 2. The maximum absolute atomic E-state index is 8.84. The monoisotopic (exact) mass is 230 g/mol. The van der Waals surface area contributed by atoms with Gasteiger partial charge < -0.3 is 9.64 Å². The van der Waals surface area contributed by atoms with E-state index in [-0.39, 0.29) is 6.10 Å². The first-order valence-electron chi connectivity index (χ1n) is 6.00. The van der Waals surface area contributed by atoms with Crippen LogP contribution in [0.5, 0.6) is 0 Å². The van der Waals surface area contributed by atoms with Crippen LogP contribution in [0.3, 0.4) is 0 Å². The minimum Gasteiger partial charge on any atom is -0.369 e. The van der Waals surface area contributed by atoms with Crippen molar-refractivity contribution >= 4 is 0 Å². The second-order valence-corrected chi connectivity index (χ2v) is 4.77. The Labute approximate surface area is 103 Å². The lowest BCUT2D eigenvalue weighted by Gasteiger charge is -2.13. The summed E-state index contributed by atoms with van der Waals surface area (Å²) in [6.07, 6.45) is 2.41. The highest BCUT2D eigenvalue weighted by molar-refractivity contribution is 5.40. The summed E-state index contributed by atoms with van der Waals surface area (Å²) in [5, 5.41) is 8.84. The van der Waals surface area contributed by atoms with Crippen LogP contribution in [-0.4, -0.2) is 25.5 Å². The van der Waals surface area contributed by atoms with E-state index in [2.05, 4.69) is 25.1 Å². The molecule has 17 heavy (non-hydrogen) atoms. The van der Waals surface area contributed by atoms with Crippen molar-refractivity contribution in [3.05, 3.63) is 34.9 Å². The van der Waals surface area contributed by atoms with Crippen molar-refractivity contribution in [2.45, 2.75) is 25.6 Å². The van der Waals surface area contributed by atoms with E-state index in [1.807, 2.05) is 18.2 Å². The molecule has 3 heteroatoms. The van der Waals surface area contributed by atoms with Crippen molar-refractivity contribution in [2.75, 3.05) is 20.6 Å². The predicted molar refractivity (Wildman–Crippen MR) is 66.5 cm³/mol. The molecule has 3 nitrogen and oxygen atoms in total. The topological polar surface area (TPSA) is 36.3 Å². The molecule has 1 heterocycles. The van der Waals surface area contributed by atoms with Gasteiger partial charge in [0.2, 0.25) is 0 Å². The van der Waals surface area contributed by atoms with Crippen LogP contribution in [0.4, 0.5) is 0 Å². The first kappa shape index (κ1) is 12.1. The lowest BCUT2D eigenvalue weighted by Crippen LogP contribution is -2.13. The third kappa shape index (κ3) is 2.85. The zero-order chi connectivity index (χ0) is 12.3. The number of benzene rings is 1. The maximum Gasteiger partial charge on any atom is 0.0991 e. The van der Waals surface area contributed by atoms with Gasteiger partial charge in [0.15, 0.2) is 0 Å². The van der Waals surface area contributed by atoms with E-state index in [9.17, 15) is 0 Å². The molecule has 90 valence electrons. The molecule has 1 aromatic carbocycles. The van der Waals surface area contributed by atoms with E-state index in [1.165, 1.54) is 11.1 Å². The minimum absolute atomic E-state index is 0.220. The normalized spacial score (nSPS) is 18.1. The highest BCUT2D eigenvalue weighted by Crippen LogP contribution is 2.34. The van der Waals surface area contributed by atoms with Gasteiger partial charge in [-0.15, -0.1) is 0 Å². The Bertz CT molecular complexity index is 434. The van der Waals surface area contributed by atoms with E-state index >= 15 is 0 Å². The molecule has 0 saturated heterocycles. The SMILES string of the molecule is CN(C)CCCC1OCc2cc(C#N)ccc21. The summed E-state index contributed by atoms with van der Waals surface area (Å²) in [5.74, 6) is 0. The van der Waals surface area contributed by atoms with Crippen LogP contribution >= 0.6 is 0 Å². The third-order valence-corrected chi connectivity index (χ3v) is 3.13. The number of fused-ring (bicyclic) bond motifs is 1. The fourth-order valence-electron chi connectivity index (χ4n) is 2.23. The van der Waals surface area contributed by atoms with Gasteiger partial charge in [-0.2, -0.15) is 5.26 Å². The fraction of sp³-hybridized carbons (Fsp3) is 0.500. The molecule has 1 unspecified atom stereocenters. The molecule has 2 rings (SSSR count). The van der Waals surface area contributed by atoms with Crippen LogP contribution in [0.25, 0.3) is 0 Å². The molecular formula is C14H18N2O. The van der Waals surface area contributed by atoms with Gasteiger partial charge in [0, 0.05) is 0 Å². The summed E-state index contributed by atoms with van der Waals surface area (Å²) in [6.45, 7) is 1.74. The zero-order valence-corrected chi connectivity index (χ0v) is 10.4. The molecule has 1 aliphatic rings. The minimum atomic E-state index is 0.220. The fourth-order valence-corrected chi connectivity index (χ4v) is 2.23. The van der Waals surface area contributed by atoms with E-state index in [0.717, 1.165) is 24.9 Å². The Morgan fingerprint density at radius 1 is 1.47 bits per heavy atom. The number of hydrogen-bond acceptors (Lipinski definition) is 3. The lowest BCUT2D eigenvalue weighted by atomic mass is 10.00. The van der Waals surface area contributed by atoms with Crippen LogP contribution in [0.15, 0.2) is 18.2 Å². The van der Waals surface area contributed by atoms with Crippen molar-refractivity contribution in [1.82, 2.24) is 4.90 Å². The molecule has 0 radical (unpaired) electrons. The van der Waals surface area contributed by atoms with Crippen molar-refractivity contribution in [2.24, 2.45) is 0 Å². The lowest BCUT2D eigenvalue weighted by molar-refractivity contribution is 0.0573. The van der Waals surface area contributed by atoms with Gasteiger partial charge in [0.1, 0.15) is 0 Å². The smallest absolute Gasteiger partial charge is 0.0991 e. The van der Waals surface area contributed by atoms with Crippen molar-refractivity contribution < 1.29 is 4.74 Å². The molecule has 0 saturated carbocycles. The molecule has 0 spiro atoms. The third-order valence-electron chi connectivity index (χ3n) is 3.13. The van der Waals surface area contributed by atoms with Gasteiger partial charge >= 0.3 is 0 Å². The molecule has 0 fully saturated rings. The number of rotatable bonds is 4. The molecule has 0 amide bonds. The van der Waals surface area contributed by atoms with Gasteiger partial charge in [0.05, 0.1) is 24.3 Å². The quantitative estimate of drug-likeness (QED) is 0.797. The molecule has 1 atom stereocenters. The number of ether oxygens (including phenoxy) is 1. The zero-order valence-electron chi connectivity index (χ0n) is 10.4. The van der Waals surface area contributed by atoms with Crippen LogP contribution in [-0.2, 0) is 11.3 Å². The van der Waals surface area contributed by atoms with E-state index in [1.54, 1.807) is 0 Å². The molecule has 0 aromatic heterocycles. The van der Waals surface area contributed by atoms with E-state index < -0.39 is 0 Å². The summed E-state index contributed by atoms with van der Waals surface area (Å²) < 4.78 is 5.78. The Morgan fingerprint density at radius 2 is 2.29 bits per heavy atom. The molecule has 0 bridgehead atoms. The predicted octanol–water partition coefficient (Wildman–Crippen LogP) is 2.47. The molecule has 0 N–H and O–H groups in total. The van der Waals surface area contributed by atoms with Gasteiger partial charge in [-0.1, -0.05) is 6.07 Å². The largest absolute Gasteiger partial charge is 0.369 e. The summed E-state index contributed by atoms with van der Waals surface area (Å²) in [6, 6.07) is 8.04. The van der Waals surface area contributed by atoms with Gasteiger partial charge in [-0.05, 0) is 56.7 Å². The Kier molecular flexibility index (Phi) is 3.78. The highest BCUT2D eigenvalue weighted by Gasteiger charge is 2.22. The Morgan fingerprint density at radius 3 is 3.00 bits per heavy atom. The molecule has 0 aliphatic carbocycles. The Hall–Kier alpha value is -1.37. The summed E-state index contributed by atoms with van der Waals surface area (Å²) in [5.41, 5.74) is 3.17. The maximum atomic E-state index is 8.84. The van der Waals surface area contributed by atoms with Gasteiger partial charge in [-0.3, -0.25) is 0 Å². The molecular weight excluding hydrogens is 212 g/mol. The standard InChI is InChI=1S/C14H18N2O/c1-16(2)7-3-4-14-13-6-5-11(9-15)8-12(13)10-17-14/h5-6,8,14H,3-4,7,10H2,1-2H3. The van der Waals surface area contributed by atoms with Crippen LogP contribution in [0.2, 0.25) is 0 Å². The number of nitriles is 1. The van der Waals surface area contributed by atoms with Crippen molar-refractivity contribution in [3.63, 3.8) is 0 Å². The van der Waals surface area contributed by atoms with Gasteiger partial charge in [-0.25, -0.2) is 0 Å². The second-order valence-electron chi connectivity index (χ2n) is 4.77. The first-order chi connectivity index (χ1) is 8.20.